The highest BCUT2D eigenvalue weighted by molar-refractivity contribution is 14.1. The van der Waals surface area contributed by atoms with Crippen LogP contribution in [0, 0.1) is 9.49 Å². The number of hydrogen-bond acceptors (Lipinski definition) is 4. The lowest BCUT2D eigenvalue weighted by Crippen LogP contribution is -2.51. The molecule has 2 aliphatic rings. The van der Waals surface area contributed by atoms with E-state index in [9.17, 15) is 9.90 Å². The summed E-state index contributed by atoms with van der Waals surface area (Å²) in [4.78, 5) is 15.8. The first-order valence-electron chi connectivity index (χ1n) is 11.4. The number of carbonyl (C=O) groups is 1. The normalized spacial score (nSPS) is 26.7. The Morgan fingerprint density at radius 1 is 1.27 bits per heavy atom. The van der Waals surface area contributed by atoms with E-state index in [1.165, 1.54) is 5.19 Å². The van der Waals surface area contributed by atoms with Gasteiger partial charge in [-0.05, 0) is 64.9 Å². The van der Waals surface area contributed by atoms with Gasteiger partial charge in [0.2, 0.25) is 0 Å². The van der Waals surface area contributed by atoms with Crippen molar-refractivity contribution in [1.29, 1.82) is 0 Å². The number of aliphatic hydroxyl groups excluding tert-OH is 1. The minimum absolute atomic E-state index is 0.0168. The summed E-state index contributed by atoms with van der Waals surface area (Å²) in [5, 5.41) is 11.2. The smallest absolute Gasteiger partial charge is 0.264 e. The number of aliphatic hydroxyl groups is 1. The number of amides is 1. The second-order valence-corrected chi connectivity index (χ2v) is 15.5. The average Bonchev–Trinajstić information content (AvgIpc) is 3.21. The number of fused-ring (bicyclic) bond motifs is 2. The molecule has 2 aromatic carbocycles. The molecule has 2 aliphatic heterocycles. The Hall–Kier alpha value is -1.68. The molecule has 1 fully saturated rings. The molecule has 33 heavy (non-hydrogen) atoms. The number of carbonyl (C=O) groups excluding carboxylic acids is 1. The van der Waals surface area contributed by atoms with Crippen molar-refractivity contribution in [3.05, 3.63) is 64.3 Å². The predicted molar refractivity (Wildman–Crippen MR) is 143 cm³/mol. The predicted octanol–water partition coefficient (Wildman–Crippen LogP) is 4.43. The van der Waals surface area contributed by atoms with Crippen molar-refractivity contribution in [2.75, 3.05) is 25.2 Å². The number of nitrogens with zero attached hydrogens (tertiary/aromatic N) is 1. The second kappa shape index (κ2) is 9.17. The van der Waals surface area contributed by atoms with Crippen LogP contribution in [0.2, 0.25) is 18.6 Å². The van der Waals surface area contributed by atoms with Crippen molar-refractivity contribution in [3.8, 4) is 5.75 Å². The highest BCUT2D eigenvalue weighted by Gasteiger charge is 2.66. The SMILES string of the molecule is C=CCN1C(=O)[C@]2(O[C@@H](CCO)[C@H]([Si](C)(C)c3ccc(OC)cc3)[C@H]2C)c2cc(I)ccc21. The third-order valence-electron chi connectivity index (χ3n) is 7.52. The van der Waals surface area contributed by atoms with Gasteiger partial charge in [-0.1, -0.05) is 43.4 Å². The van der Waals surface area contributed by atoms with Crippen LogP contribution in [0.1, 0.15) is 18.9 Å². The number of anilines is 1. The molecule has 0 radical (unpaired) electrons. The zero-order valence-corrected chi connectivity index (χ0v) is 22.8. The maximum atomic E-state index is 14.0. The highest BCUT2D eigenvalue weighted by Crippen LogP contribution is 2.59. The van der Waals surface area contributed by atoms with Crippen LogP contribution in [-0.2, 0) is 15.1 Å². The Morgan fingerprint density at radius 3 is 2.58 bits per heavy atom. The molecule has 1 N–H and O–H groups in total. The van der Waals surface area contributed by atoms with Crippen molar-refractivity contribution >= 4 is 47.4 Å². The molecular weight excluding hydrogens is 545 g/mol. The zero-order chi connectivity index (χ0) is 24.0. The van der Waals surface area contributed by atoms with Crippen LogP contribution < -0.4 is 14.8 Å². The minimum Gasteiger partial charge on any atom is -0.497 e. The lowest BCUT2D eigenvalue weighted by Gasteiger charge is -2.37. The topological polar surface area (TPSA) is 59.0 Å². The first-order chi connectivity index (χ1) is 15.7. The van der Waals surface area contributed by atoms with Gasteiger partial charge in [0.25, 0.3) is 5.91 Å². The van der Waals surface area contributed by atoms with E-state index in [0.29, 0.717) is 13.0 Å². The quantitative estimate of drug-likeness (QED) is 0.301. The van der Waals surface area contributed by atoms with Crippen LogP contribution in [-0.4, -0.2) is 45.5 Å². The van der Waals surface area contributed by atoms with Gasteiger partial charge < -0.3 is 19.5 Å². The number of benzene rings is 2. The van der Waals surface area contributed by atoms with Crippen molar-refractivity contribution < 1.29 is 19.4 Å². The summed E-state index contributed by atoms with van der Waals surface area (Å²) in [5.74, 6) is 0.770. The molecule has 1 saturated heterocycles. The zero-order valence-electron chi connectivity index (χ0n) is 19.7. The molecule has 4 rings (SSSR count). The van der Waals surface area contributed by atoms with Gasteiger partial charge in [0.15, 0.2) is 5.60 Å². The lowest BCUT2D eigenvalue weighted by atomic mass is 9.82. The third-order valence-corrected chi connectivity index (χ3v) is 12.6. The monoisotopic (exact) mass is 577 g/mol. The molecule has 0 saturated carbocycles. The molecule has 4 atom stereocenters. The molecule has 0 unspecified atom stereocenters. The molecule has 2 heterocycles. The van der Waals surface area contributed by atoms with Gasteiger partial charge >= 0.3 is 0 Å². The third kappa shape index (κ3) is 3.77. The van der Waals surface area contributed by atoms with E-state index in [-0.39, 0.29) is 30.1 Å². The molecule has 0 bridgehead atoms. The van der Waals surface area contributed by atoms with E-state index in [1.54, 1.807) is 18.1 Å². The number of halogens is 1. The highest BCUT2D eigenvalue weighted by atomic mass is 127. The standard InChI is InChI=1S/C26H32INO4Si/c1-6-14-28-22-12-7-18(27)16-21(22)26(25(28)30)17(2)24(23(32-26)13-15-29)33(4,5)20-10-8-19(31-3)9-11-20/h6-12,16-17,23-24,29H,1,13-15H2,2-5H3/t17-,23+,24-,26-/m1/s1. The van der Waals surface area contributed by atoms with Crippen LogP contribution in [0.5, 0.6) is 5.75 Å². The maximum Gasteiger partial charge on any atom is 0.264 e. The van der Waals surface area contributed by atoms with Crippen LogP contribution in [0.3, 0.4) is 0 Å². The fourth-order valence-corrected chi connectivity index (χ4v) is 10.5. The molecule has 0 aromatic heterocycles. The molecule has 7 heteroatoms. The average molecular weight is 578 g/mol. The first kappa shape index (κ1) is 24.4. The van der Waals surface area contributed by atoms with Gasteiger partial charge in [-0.3, -0.25) is 4.79 Å². The summed E-state index contributed by atoms with van der Waals surface area (Å²) < 4.78 is 13.3. The molecule has 5 nitrogen and oxygen atoms in total. The van der Waals surface area contributed by atoms with Gasteiger partial charge in [-0.25, -0.2) is 0 Å². The Balaban J connectivity index is 1.84. The molecule has 0 aliphatic carbocycles. The molecule has 1 amide bonds. The lowest BCUT2D eigenvalue weighted by molar-refractivity contribution is -0.146. The largest absolute Gasteiger partial charge is 0.497 e. The Bertz CT molecular complexity index is 1060. The van der Waals surface area contributed by atoms with E-state index in [1.807, 2.05) is 24.3 Å². The molecule has 176 valence electrons. The van der Waals surface area contributed by atoms with E-state index in [2.05, 4.69) is 67.4 Å². The van der Waals surface area contributed by atoms with E-state index >= 15 is 0 Å². The van der Waals surface area contributed by atoms with Crippen LogP contribution in [0.15, 0.2) is 55.1 Å². The van der Waals surface area contributed by atoms with Crippen molar-refractivity contribution in [2.45, 2.75) is 43.7 Å². The van der Waals surface area contributed by atoms with Gasteiger partial charge in [-0.15, -0.1) is 6.58 Å². The summed E-state index contributed by atoms with van der Waals surface area (Å²) in [6.07, 6.45) is 2.07. The number of hydrogen-bond donors (Lipinski definition) is 1. The Kier molecular flexibility index (Phi) is 6.79. The summed E-state index contributed by atoms with van der Waals surface area (Å²) in [5.41, 5.74) is 0.954. The van der Waals surface area contributed by atoms with E-state index in [4.69, 9.17) is 9.47 Å². The number of ether oxygens (including phenoxy) is 2. The van der Waals surface area contributed by atoms with Crippen LogP contribution in [0.25, 0.3) is 0 Å². The minimum atomic E-state index is -2.13. The van der Waals surface area contributed by atoms with Crippen LogP contribution >= 0.6 is 22.6 Å². The van der Waals surface area contributed by atoms with Gasteiger partial charge in [0.1, 0.15) is 5.75 Å². The second-order valence-electron chi connectivity index (χ2n) is 9.53. The number of methoxy groups -OCH3 is 1. The summed E-state index contributed by atoms with van der Waals surface area (Å²) in [6.45, 7) is 11.2. The van der Waals surface area contributed by atoms with Crippen molar-refractivity contribution in [2.24, 2.45) is 5.92 Å². The van der Waals surface area contributed by atoms with Gasteiger partial charge in [0.05, 0.1) is 27.0 Å². The summed E-state index contributed by atoms with van der Waals surface area (Å²) in [6, 6.07) is 14.4. The van der Waals surface area contributed by atoms with Crippen LogP contribution in [0.4, 0.5) is 5.69 Å². The number of rotatable bonds is 7. The van der Waals surface area contributed by atoms with Crippen molar-refractivity contribution in [3.63, 3.8) is 0 Å². The van der Waals surface area contributed by atoms with E-state index in [0.717, 1.165) is 20.6 Å². The maximum absolute atomic E-state index is 14.0. The molecular formula is C26H32INO4Si. The van der Waals surface area contributed by atoms with Gasteiger partial charge in [-0.2, -0.15) is 0 Å². The fourth-order valence-electron chi connectivity index (χ4n) is 5.99. The summed E-state index contributed by atoms with van der Waals surface area (Å²) >= 11 is 2.30. The molecule has 2 aromatic rings. The van der Waals surface area contributed by atoms with Crippen molar-refractivity contribution in [1.82, 2.24) is 0 Å². The van der Waals surface area contributed by atoms with Gasteiger partial charge in [0, 0.05) is 28.2 Å². The Morgan fingerprint density at radius 2 is 1.97 bits per heavy atom. The first-order valence-corrected chi connectivity index (χ1v) is 15.5. The fraction of sp³-hybridized carbons (Fsp3) is 0.423. The Labute approximate surface area is 210 Å². The molecule has 1 spiro atoms. The summed E-state index contributed by atoms with van der Waals surface area (Å²) in [7, 11) is -0.457. The van der Waals surface area contributed by atoms with E-state index < -0.39 is 13.7 Å².